The summed E-state index contributed by atoms with van der Waals surface area (Å²) in [5.74, 6) is 3.22. The molecule has 0 saturated heterocycles. The summed E-state index contributed by atoms with van der Waals surface area (Å²) in [6.07, 6.45) is 6.70. The molecule has 0 N–H and O–H groups in total. The highest BCUT2D eigenvalue weighted by atomic mass is 14.3. The van der Waals surface area contributed by atoms with Crippen molar-refractivity contribution in [3.8, 4) is 0 Å². The topological polar surface area (TPSA) is 0 Å². The molecule has 0 radical (unpaired) electrons. The summed E-state index contributed by atoms with van der Waals surface area (Å²) in [4.78, 5) is 0. The Bertz CT molecular complexity index is 680. The van der Waals surface area contributed by atoms with Crippen LogP contribution in [-0.2, 0) is 12.8 Å². The van der Waals surface area contributed by atoms with Crippen LogP contribution in [0.2, 0.25) is 0 Å². The molecule has 2 aromatic rings. The maximum atomic E-state index is 2.34. The fourth-order valence-corrected chi connectivity index (χ4v) is 4.77. The van der Waals surface area contributed by atoms with Gasteiger partial charge in [0, 0.05) is 0 Å². The van der Waals surface area contributed by atoms with Gasteiger partial charge in [-0.1, -0.05) is 104 Å². The lowest BCUT2D eigenvalue weighted by atomic mass is 9.77. The van der Waals surface area contributed by atoms with Gasteiger partial charge in [0.15, 0.2) is 0 Å². The van der Waals surface area contributed by atoms with E-state index in [0.717, 1.165) is 23.7 Å². The van der Waals surface area contributed by atoms with E-state index in [1.165, 1.54) is 32.1 Å². The van der Waals surface area contributed by atoms with Crippen molar-refractivity contribution in [2.75, 3.05) is 0 Å². The molecule has 0 amide bonds. The Kier molecular flexibility index (Phi) is 12.0. The van der Waals surface area contributed by atoms with E-state index in [-0.39, 0.29) is 0 Å². The van der Waals surface area contributed by atoms with E-state index in [4.69, 9.17) is 0 Å². The molecule has 2 aromatic carbocycles. The minimum atomic E-state index is 0.793. The van der Waals surface area contributed by atoms with Gasteiger partial charge < -0.3 is 0 Å². The van der Waals surface area contributed by atoms with Gasteiger partial charge in [0.1, 0.15) is 0 Å². The molecule has 0 heteroatoms. The highest BCUT2D eigenvalue weighted by Gasteiger charge is 2.24. The molecule has 0 spiro atoms. The van der Waals surface area contributed by atoms with Crippen LogP contribution in [0.5, 0.6) is 0 Å². The molecule has 2 atom stereocenters. The predicted molar refractivity (Wildman–Crippen MR) is 132 cm³/mol. The van der Waals surface area contributed by atoms with Crippen LogP contribution < -0.4 is 0 Å². The molecule has 4 rings (SSSR count). The van der Waals surface area contributed by atoms with E-state index < -0.39 is 0 Å². The van der Waals surface area contributed by atoms with Gasteiger partial charge in [-0.3, -0.25) is 0 Å². The molecule has 0 aliphatic heterocycles. The molecular weight excluding hydrogens is 348 g/mol. The first-order chi connectivity index (χ1) is 14.1. The van der Waals surface area contributed by atoms with Crippen molar-refractivity contribution in [1.29, 1.82) is 0 Å². The average molecular weight is 395 g/mol. The van der Waals surface area contributed by atoms with Crippen LogP contribution in [-0.4, -0.2) is 0 Å². The summed E-state index contributed by atoms with van der Waals surface area (Å²) in [5.41, 5.74) is 6.39. The first kappa shape index (κ1) is 25.5. The maximum absolute atomic E-state index is 2.34. The van der Waals surface area contributed by atoms with Crippen molar-refractivity contribution < 1.29 is 0 Å². The van der Waals surface area contributed by atoms with Crippen LogP contribution in [0.25, 0.3) is 0 Å². The van der Waals surface area contributed by atoms with E-state index in [1.807, 2.05) is 27.7 Å². The quantitative estimate of drug-likeness (QED) is 0.476. The van der Waals surface area contributed by atoms with Crippen LogP contribution in [0.4, 0.5) is 0 Å². The second-order valence-electron chi connectivity index (χ2n) is 8.53. The second-order valence-corrected chi connectivity index (χ2v) is 8.53. The third kappa shape index (κ3) is 7.02. The Morgan fingerprint density at radius 2 is 1.00 bits per heavy atom. The molecule has 0 aromatic heterocycles. The average Bonchev–Trinajstić information content (AvgIpc) is 3.21. The van der Waals surface area contributed by atoms with Crippen LogP contribution in [0.15, 0.2) is 48.5 Å². The van der Waals surface area contributed by atoms with Crippen molar-refractivity contribution in [2.45, 2.75) is 99.3 Å². The van der Waals surface area contributed by atoms with Crippen LogP contribution >= 0.6 is 0 Å². The number of fused-ring (bicyclic) bond motifs is 2. The lowest BCUT2D eigenvalue weighted by Crippen LogP contribution is -2.14. The Labute approximate surface area is 182 Å². The zero-order chi connectivity index (χ0) is 21.8. The van der Waals surface area contributed by atoms with Gasteiger partial charge in [-0.25, -0.2) is 0 Å². The second kappa shape index (κ2) is 13.6. The highest BCUT2D eigenvalue weighted by molar-refractivity contribution is 5.35. The third-order valence-corrected chi connectivity index (χ3v) is 6.20. The third-order valence-electron chi connectivity index (χ3n) is 6.20. The Balaban J connectivity index is 0.000000248. The largest absolute Gasteiger partial charge is 0.0683 e. The van der Waals surface area contributed by atoms with Crippen LogP contribution in [0, 0.1) is 11.8 Å². The highest BCUT2D eigenvalue weighted by Crippen LogP contribution is 2.38. The summed E-state index contributed by atoms with van der Waals surface area (Å²) in [5, 5.41) is 0. The molecule has 29 heavy (non-hydrogen) atoms. The Morgan fingerprint density at radius 1 is 0.586 bits per heavy atom. The number of hydrogen-bond acceptors (Lipinski definition) is 0. The van der Waals surface area contributed by atoms with Crippen molar-refractivity contribution in [3.63, 3.8) is 0 Å². The smallest absolute Gasteiger partial charge is 0.0133 e. The maximum Gasteiger partial charge on any atom is -0.0133 e. The summed E-state index contributed by atoms with van der Waals surface area (Å²) >= 11 is 0. The van der Waals surface area contributed by atoms with Gasteiger partial charge >= 0.3 is 0 Å². The van der Waals surface area contributed by atoms with Gasteiger partial charge in [-0.05, 0) is 78.0 Å². The SMILES string of the molecule is CC.CC.CC(C)[C@@H]1CCCc2ccccc21.CC(C)[C@@H]1CCc2ccccc21. The van der Waals surface area contributed by atoms with Gasteiger partial charge in [-0.2, -0.15) is 0 Å². The zero-order valence-electron chi connectivity index (χ0n) is 20.5. The predicted octanol–water partition coefficient (Wildman–Crippen LogP) is 9.19. The summed E-state index contributed by atoms with van der Waals surface area (Å²) in [6.45, 7) is 17.3. The molecule has 2 aliphatic carbocycles. The van der Waals surface area contributed by atoms with Crippen LogP contribution in [0.3, 0.4) is 0 Å². The van der Waals surface area contributed by atoms with Gasteiger partial charge in [0.25, 0.3) is 0 Å². The van der Waals surface area contributed by atoms with Crippen LogP contribution in [0.1, 0.15) is 109 Å². The Morgan fingerprint density at radius 3 is 1.48 bits per heavy atom. The van der Waals surface area contributed by atoms with Crippen molar-refractivity contribution >= 4 is 0 Å². The monoisotopic (exact) mass is 394 g/mol. The molecule has 0 saturated carbocycles. The lowest BCUT2D eigenvalue weighted by Gasteiger charge is -2.28. The molecule has 2 aliphatic rings. The van der Waals surface area contributed by atoms with Crippen molar-refractivity contribution in [2.24, 2.45) is 11.8 Å². The molecule has 0 unspecified atom stereocenters. The van der Waals surface area contributed by atoms with Gasteiger partial charge in [-0.15, -0.1) is 0 Å². The summed E-state index contributed by atoms with van der Waals surface area (Å²) in [7, 11) is 0. The summed E-state index contributed by atoms with van der Waals surface area (Å²) in [6, 6.07) is 17.9. The molecular formula is C29H46. The first-order valence-electron chi connectivity index (χ1n) is 12.2. The van der Waals surface area contributed by atoms with Gasteiger partial charge in [0.05, 0.1) is 0 Å². The standard InChI is InChI=1S/C13H18.C12H16.2C2H6/c1-10(2)12-9-5-7-11-6-3-4-8-13(11)12;1-9(2)11-8-7-10-5-3-4-6-12(10)11;2*1-2/h3-4,6,8,10,12H,5,7,9H2,1-2H3;3-6,9,11H,7-8H2,1-2H3;2*1-2H3/t12-;11-;;/m00../s1. The van der Waals surface area contributed by atoms with Gasteiger partial charge in [0.2, 0.25) is 0 Å². The van der Waals surface area contributed by atoms with E-state index in [1.54, 1.807) is 22.3 Å². The van der Waals surface area contributed by atoms with E-state index in [9.17, 15) is 0 Å². The van der Waals surface area contributed by atoms with E-state index in [2.05, 4.69) is 76.2 Å². The molecule has 162 valence electrons. The zero-order valence-corrected chi connectivity index (χ0v) is 20.5. The molecule has 0 nitrogen and oxygen atoms in total. The molecule has 0 fully saturated rings. The fraction of sp³-hybridized carbons (Fsp3) is 0.586. The van der Waals surface area contributed by atoms with E-state index in [0.29, 0.717) is 0 Å². The first-order valence-corrected chi connectivity index (χ1v) is 12.2. The number of aryl methyl sites for hydroxylation is 2. The minimum Gasteiger partial charge on any atom is -0.0683 e. The van der Waals surface area contributed by atoms with E-state index >= 15 is 0 Å². The van der Waals surface area contributed by atoms with Crippen molar-refractivity contribution in [3.05, 3.63) is 70.8 Å². The number of rotatable bonds is 2. The van der Waals surface area contributed by atoms with Crippen molar-refractivity contribution in [1.82, 2.24) is 0 Å². The normalized spacial score (nSPS) is 19.0. The molecule has 0 bridgehead atoms. The molecule has 0 heterocycles. The lowest BCUT2D eigenvalue weighted by molar-refractivity contribution is 0.433. The number of benzene rings is 2. The number of hydrogen-bond donors (Lipinski definition) is 0. The minimum absolute atomic E-state index is 0.793. The fourth-order valence-electron chi connectivity index (χ4n) is 4.77. The summed E-state index contributed by atoms with van der Waals surface area (Å²) < 4.78 is 0. The Hall–Kier alpha value is -1.56.